The number of rotatable bonds is 5. The number of aromatic nitrogens is 3. The molecule has 4 aromatic rings. The molecule has 8 nitrogen and oxygen atoms in total. The normalized spacial score (nSPS) is 18.9. The predicted molar refractivity (Wildman–Crippen MR) is 145 cm³/mol. The average molecular weight is 513 g/mol. The van der Waals surface area contributed by atoms with Gasteiger partial charge in [-0.15, -0.1) is 4.98 Å². The van der Waals surface area contributed by atoms with Crippen LogP contribution in [0.3, 0.4) is 0 Å². The summed E-state index contributed by atoms with van der Waals surface area (Å²) in [6.45, 7) is 12.2. The first-order chi connectivity index (χ1) is 18.3. The van der Waals surface area contributed by atoms with Crippen molar-refractivity contribution in [1.82, 2.24) is 19.4 Å². The molecule has 1 aliphatic rings. The minimum atomic E-state index is -0.375. The lowest BCUT2D eigenvalue weighted by atomic mass is 9.95. The summed E-state index contributed by atoms with van der Waals surface area (Å²) in [6, 6.07) is 14.5. The lowest BCUT2D eigenvalue weighted by molar-refractivity contribution is 0.0713. The number of pyridine rings is 3. The van der Waals surface area contributed by atoms with Crippen LogP contribution in [0, 0.1) is 19.3 Å². The smallest absolute Gasteiger partial charge is 0.270 e. The van der Waals surface area contributed by atoms with Crippen LogP contribution in [0.25, 0.3) is 15.9 Å². The van der Waals surface area contributed by atoms with E-state index in [0.29, 0.717) is 29.8 Å². The number of benzene rings is 1. The van der Waals surface area contributed by atoms with Gasteiger partial charge in [0.1, 0.15) is 5.82 Å². The largest absolute Gasteiger partial charge is 0.395 e. The molecule has 9 heteroatoms. The van der Waals surface area contributed by atoms with Crippen molar-refractivity contribution in [1.29, 1.82) is 0 Å². The SMILES string of the molecule is [C-]#[N+]c1ccc2c(n1)c(N1C[C@@H](CO)N(C(c3cccc(F)c3)c3ccc(C)cn3)C[C@@H]1C)cc(=O)n2C. The van der Waals surface area contributed by atoms with Crippen molar-refractivity contribution in [2.24, 2.45) is 7.05 Å². The Kier molecular flexibility index (Phi) is 6.93. The molecule has 3 atom stereocenters. The van der Waals surface area contributed by atoms with Crippen LogP contribution in [0.5, 0.6) is 0 Å². The Morgan fingerprint density at radius 3 is 2.68 bits per heavy atom. The Bertz CT molecular complexity index is 1580. The summed E-state index contributed by atoms with van der Waals surface area (Å²) >= 11 is 0. The summed E-state index contributed by atoms with van der Waals surface area (Å²) in [7, 11) is 1.68. The van der Waals surface area contributed by atoms with E-state index in [1.807, 2.05) is 32.0 Å². The van der Waals surface area contributed by atoms with E-state index in [2.05, 4.69) is 24.6 Å². The van der Waals surface area contributed by atoms with Crippen molar-refractivity contribution in [3.05, 3.63) is 105 Å². The number of fused-ring (bicyclic) bond motifs is 1. The maximum Gasteiger partial charge on any atom is 0.270 e. The zero-order valence-electron chi connectivity index (χ0n) is 21.5. The van der Waals surface area contributed by atoms with E-state index in [1.54, 1.807) is 37.5 Å². The zero-order valence-corrected chi connectivity index (χ0v) is 21.5. The number of nitrogens with zero attached hydrogens (tertiary/aromatic N) is 6. The second-order valence-corrected chi connectivity index (χ2v) is 9.83. The van der Waals surface area contributed by atoms with Gasteiger partial charge in [0.15, 0.2) is 0 Å². The number of anilines is 1. The molecule has 1 aliphatic heterocycles. The summed E-state index contributed by atoms with van der Waals surface area (Å²) in [5.74, 6) is -0.0841. The molecule has 0 radical (unpaired) electrons. The van der Waals surface area contributed by atoms with Gasteiger partial charge in [-0.25, -0.2) is 4.39 Å². The summed E-state index contributed by atoms with van der Waals surface area (Å²) in [6.07, 6.45) is 1.79. The second kappa shape index (κ2) is 10.3. The van der Waals surface area contributed by atoms with Crippen LogP contribution < -0.4 is 10.5 Å². The third kappa shape index (κ3) is 4.64. The number of halogens is 1. The molecule has 1 N–H and O–H groups in total. The maximum absolute atomic E-state index is 14.3. The molecule has 0 bridgehead atoms. The average Bonchev–Trinajstić information content (AvgIpc) is 2.92. The number of piperazine rings is 1. The molecule has 1 unspecified atom stereocenters. The van der Waals surface area contributed by atoms with Crippen LogP contribution in [0.1, 0.15) is 29.8 Å². The first-order valence-electron chi connectivity index (χ1n) is 12.5. The molecule has 1 fully saturated rings. The molecule has 3 aromatic heterocycles. The highest BCUT2D eigenvalue weighted by molar-refractivity contribution is 5.89. The highest BCUT2D eigenvalue weighted by Gasteiger charge is 2.38. The number of aliphatic hydroxyl groups excluding tert-OH is 1. The number of hydrogen-bond donors (Lipinski definition) is 1. The van der Waals surface area contributed by atoms with Crippen LogP contribution >= 0.6 is 0 Å². The van der Waals surface area contributed by atoms with Gasteiger partial charge in [-0.1, -0.05) is 24.8 Å². The minimum Gasteiger partial charge on any atom is -0.395 e. The lowest BCUT2D eigenvalue weighted by Crippen LogP contribution is -2.60. The lowest BCUT2D eigenvalue weighted by Gasteiger charge is -2.48. The highest BCUT2D eigenvalue weighted by atomic mass is 19.1. The topological polar surface area (TPSA) is 78.8 Å². The quantitative estimate of drug-likeness (QED) is 0.408. The molecule has 0 saturated carbocycles. The third-order valence-electron chi connectivity index (χ3n) is 7.28. The molecular formula is C29H29FN6O2. The fourth-order valence-corrected chi connectivity index (χ4v) is 5.31. The summed E-state index contributed by atoms with van der Waals surface area (Å²) in [5, 5.41) is 10.6. The van der Waals surface area contributed by atoms with Crippen molar-refractivity contribution >= 4 is 22.5 Å². The Hall–Kier alpha value is -4.13. The first kappa shape index (κ1) is 25.5. The Morgan fingerprint density at radius 2 is 2.00 bits per heavy atom. The van der Waals surface area contributed by atoms with Gasteiger partial charge >= 0.3 is 0 Å². The van der Waals surface area contributed by atoms with Crippen molar-refractivity contribution < 1.29 is 9.50 Å². The molecule has 38 heavy (non-hydrogen) atoms. The van der Waals surface area contributed by atoms with E-state index in [0.717, 1.165) is 16.8 Å². The molecule has 1 aromatic carbocycles. The third-order valence-corrected chi connectivity index (χ3v) is 7.28. The van der Waals surface area contributed by atoms with E-state index in [1.165, 1.54) is 16.7 Å². The summed E-state index contributed by atoms with van der Waals surface area (Å²) < 4.78 is 15.9. The van der Waals surface area contributed by atoms with Crippen LogP contribution in [-0.2, 0) is 7.05 Å². The zero-order chi connectivity index (χ0) is 27.0. The monoisotopic (exact) mass is 512 g/mol. The molecule has 0 spiro atoms. The van der Waals surface area contributed by atoms with E-state index in [9.17, 15) is 14.3 Å². The van der Waals surface area contributed by atoms with Crippen molar-refractivity contribution in [2.45, 2.75) is 32.0 Å². The van der Waals surface area contributed by atoms with Gasteiger partial charge in [-0.3, -0.25) is 14.7 Å². The summed E-state index contributed by atoms with van der Waals surface area (Å²) in [4.78, 5) is 29.8. The molecule has 194 valence electrons. The minimum absolute atomic E-state index is 0.0898. The van der Waals surface area contributed by atoms with E-state index in [-0.39, 0.29) is 41.9 Å². The van der Waals surface area contributed by atoms with Gasteiger partial charge in [-0.2, -0.15) is 0 Å². The van der Waals surface area contributed by atoms with E-state index < -0.39 is 0 Å². The van der Waals surface area contributed by atoms with Gasteiger partial charge in [0.2, 0.25) is 5.52 Å². The fraction of sp³-hybridized carbons (Fsp3) is 0.310. The number of aryl methyl sites for hydroxylation is 2. The van der Waals surface area contributed by atoms with E-state index >= 15 is 0 Å². The first-order valence-corrected chi connectivity index (χ1v) is 12.5. The molecular weight excluding hydrogens is 483 g/mol. The number of aliphatic hydroxyl groups is 1. The van der Waals surface area contributed by atoms with Gasteiger partial charge in [0.05, 0.1) is 35.6 Å². The Balaban J connectivity index is 1.59. The molecule has 0 amide bonds. The maximum atomic E-state index is 14.3. The Labute approximate surface area is 220 Å². The van der Waals surface area contributed by atoms with Crippen LogP contribution in [-0.4, -0.2) is 56.3 Å². The predicted octanol–water partition coefficient (Wildman–Crippen LogP) is 3.99. The van der Waals surface area contributed by atoms with Gasteiger partial charge in [0, 0.05) is 38.4 Å². The molecule has 4 heterocycles. The van der Waals surface area contributed by atoms with Crippen molar-refractivity contribution in [3.63, 3.8) is 0 Å². The van der Waals surface area contributed by atoms with E-state index in [4.69, 9.17) is 6.57 Å². The standard InChI is InChI=1S/C29H29FN6O2/c1-18-8-9-23(32-14-18)29(20-6-5-7-21(30)12-20)36-15-19(2)35(16-22(36)17-37)25-13-27(38)34(4)24-10-11-26(31-3)33-28(24)25/h5-14,19,22,29,37H,15-17H2,1-2,4H3/t19-,22-,29?/m0/s1. The fourth-order valence-electron chi connectivity index (χ4n) is 5.31. The van der Waals surface area contributed by atoms with Crippen LogP contribution in [0.15, 0.2) is 65.6 Å². The molecule has 5 rings (SSSR count). The second-order valence-electron chi connectivity index (χ2n) is 9.83. The van der Waals surface area contributed by atoms with Gasteiger partial charge in [-0.05, 0) is 55.3 Å². The van der Waals surface area contributed by atoms with Gasteiger partial charge in [0.25, 0.3) is 11.4 Å². The van der Waals surface area contributed by atoms with Crippen molar-refractivity contribution in [2.75, 3.05) is 24.6 Å². The number of hydrogen-bond acceptors (Lipinski definition) is 6. The Morgan fingerprint density at radius 1 is 1.18 bits per heavy atom. The van der Waals surface area contributed by atoms with Crippen LogP contribution in [0.2, 0.25) is 0 Å². The molecule has 1 saturated heterocycles. The summed E-state index contributed by atoms with van der Waals surface area (Å²) in [5.41, 5.74) is 4.20. The van der Waals surface area contributed by atoms with Crippen LogP contribution in [0.4, 0.5) is 15.9 Å². The van der Waals surface area contributed by atoms with Crippen molar-refractivity contribution in [3.8, 4) is 0 Å². The molecule has 0 aliphatic carbocycles. The van der Waals surface area contributed by atoms with Gasteiger partial charge < -0.3 is 19.4 Å². The highest BCUT2D eigenvalue weighted by Crippen LogP contribution is 2.36.